The van der Waals surface area contributed by atoms with Crippen molar-refractivity contribution in [2.24, 2.45) is 0 Å². The van der Waals surface area contributed by atoms with Crippen molar-refractivity contribution in [3.63, 3.8) is 0 Å². The lowest BCUT2D eigenvalue weighted by Crippen LogP contribution is -2.20. The Labute approximate surface area is 143 Å². The predicted molar refractivity (Wildman–Crippen MR) is 91.3 cm³/mol. The molecule has 24 heavy (non-hydrogen) atoms. The zero-order valence-electron chi connectivity index (χ0n) is 13.1. The molecule has 1 saturated heterocycles. The van der Waals surface area contributed by atoms with Gasteiger partial charge in [0.05, 0.1) is 19.2 Å². The molecule has 0 spiro atoms. The van der Waals surface area contributed by atoms with Crippen LogP contribution in [-0.2, 0) is 17.8 Å². The molecule has 7 heteroatoms. The lowest BCUT2D eigenvalue weighted by atomic mass is 10.2. The summed E-state index contributed by atoms with van der Waals surface area (Å²) in [5, 5.41) is 5.54. The van der Waals surface area contributed by atoms with Gasteiger partial charge in [-0.05, 0) is 24.5 Å². The van der Waals surface area contributed by atoms with E-state index in [0.29, 0.717) is 29.1 Å². The molecule has 3 heterocycles. The number of fused-ring (bicyclic) bond motifs is 1. The highest BCUT2D eigenvalue weighted by Gasteiger charge is 2.17. The lowest BCUT2D eigenvalue weighted by molar-refractivity contribution is 0.0942. The van der Waals surface area contributed by atoms with Crippen LogP contribution in [0.25, 0.3) is 11.0 Å². The van der Waals surface area contributed by atoms with Crippen LogP contribution in [0, 0.1) is 0 Å². The topological polar surface area (TPSA) is 61.9 Å². The second kappa shape index (κ2) is 6.37. The summed E-state index contributed by atoms with van der Waals surface area (Å²) in [5.41, 5.74) is 1.24. The molecule has 1 aliphatic rings. The van der Waals surface area contributed by atoms with Crippen molar-refractivity contribution in [2.75, 3.05) is 6.61 Å². The normalized spacial score (nSPS) is 17.6. The van der Waals surface area contributed by atoms with Crippen LogP contribution in [0.4, 0.5) is 0 Å². The fraction of sp³-hybridized carbons (Fsp3) is 0.353. The van der Waals surface area contributed by atoms with E-state index in [9.17, 15) is 4.79 Å². The third-order valence-corrected chi connectivity index (χ3v) is 4.63. The first-order valence-corrected chi connectivity index (χ1v) is 8.36. The summed E-state index contributed by atoms with van der Waals surface area (Å²) in [6, 6.07) is 7.48. The van der Waals surface area contributed by atoms with E-state index in [1.54, 1.807) is 15.4 Å². The predicted octanol–water partition coefficient (Wildman–Crippen LogP) is 2.47. The number of ether oxygens (including phenoxy) is 1. The Morgan fingerprint density at radius 2 is 2.21 bits per heavy atom. The first-order valence-electron chi connectivity index (χ1n) is 7.98. The second-order valence-electron chi connectivity index (χ2n) is 5.99. The minimum Gasteiger partial charge on any atom is -0.376 e. The maximum atomic E-state index is 12.7. The molecule has 0 saturated carbocycles. The van der Waals surface area contributed by atoms with Crippen LogP contribution in [0.1, 0.15) is 18.4 Å². The fourth-order valence-corrected chi connectivity index (χ4v) is 3.20. The van der Waals surface area contributed by atoms with Crippen LogP contribution in [-0.4, -0.2) is 32.0 Å². The van der Waals surface area contributed by atoms with Gasteiger partial charge in [-0.25, -0.2) is 4.98 Å². The summed E-state index contributed by atoms with van der Waals surface area (Å²) in [6.07, 6.45) is 5.56. The van der Waals surface area contributed by atoms with E-state index in [2.05, 4.69) is 10.1 Å². The van der Waals surface area contributed by atoms with E-state index < -0.39 is 0 Å². The Balaban J connectivity index is 1.64. The van der Waals surface area contributed by atoms with E-state index in [4.69, 9.17) is 16.3 Å². The van der Waals surface area contributed by atoms with Gasteiger partial charge in [-0.15, -0.1) is 0 Å². The van der Waals surface area contributed by atoms with Gasteiger partial charge >= 0.3 is 0 Å². The molecule has 0 aliphatic carbocycles. The number of aromatic nitrogens is 4. The molecule has 3 aromatic rings. The zero-order chi connectivity index (χ0) is 16.5. The Morgan fingerprint density at radius 1 is 1.33 bits per heavy atom. The van der Waals surface area contributed by atoms with Gasteiger partial charge in [-0.1, -0.05) is 29.8 Å². The molecule has 0 N–H and O–H groups in total. The molecule has 1 unspecified atom stereocenters. The number of hydrogen-bond acceptors (Lipinski definition) is 4. The van der Waals surface area contributed by atoms with E-state index in [0.717, 1.165) is 25.0 Å². The van der Waals surface area contributed by atoms with Crippen molar-refractivity contribution in [1.82, 2.24) is 19.3 Å². The van der Waals surface area contributed by atoms with Crippen molar-refractivity contribution < 1.29 is 4.74 Å². The Hall–Kier alpha value is -2.18. The molecule has 1 atom stereocenters. The lowest BCUT2D eigenvalue weighted by Gasteiger charge is -2.07. The molecule has 1 aromatic carbocycles. The number of benzene rings is 1. The van der Waals surface area contributed by atoms with E-state index in [1.807, 2.05) is 24.3 Å². The van der Waals surface area contributed by atoms with E-state index in [-0.39, 0.29) is 11.7 Å². The molecule has 1 fully saturated rings. The molecule has 124 valence electrons. The summed E-state index contributed by atoms with van der Waals surface area (Å²) in [7, 11) is 0. The second-order valence-corrected chi connectivity index (χ2v) is 6.40. The average molecular weight is 345 g/mol. The van der Waals surface area contributed by atoms with E-state index in [1.165, 1.54) is 6.33 Å². The van der Waals surface area contributed by atoms with Gasteiger partial charge in [0.1, 0.15) is 11.7 Å². The van der Waals surface area contributed by atoms with Crippen LogP contribution in [0.5, 0.6) is 0 Å². The number of nitrogens with zero attached hydrogens (tertiary/aromatic N) is 4. The Bertz CT molecular complexity index is 928. The minimum absolute atomic E-state index is 0.112. The third kappa shape index (κ3) is 2.95. The molecule has 6 nitrogen and oxygen atoms in total. The minimum atomic E-state index is -0.112. The first-order chi connectivity index (χ1) is 11.7. The maximum absolute atomic E-state index is 12.7. The van der Waals surface area contributed by atoms with Crippen LogP contribution >= 0.6 is 11.6 Å². The molecule has 0 amide bonds. The van der Waals surface area contributed by atoms with Gasteiger partial charge < -0.3 is 4.74 Å². The van der Waals surface area contributed by atoms with Crippen molar-refractivity contribution >= 4 is 22.6 Å². The van der Waals surface area contributed by atoms with E-state index >= 15 is 0 Å². The number of hydrogen-bond donors (Lipinski definition) is 0. The molecule has 1 aliphatic heterocycles. The summed E-state index contributed by atoms with van der Waals surface area (Å²) >= 11 is 6.18. The van der Waals surface area contributed by atoms with Gasteiger partial charge in [-0.2, -0.15) is 5.10 Å². The summed E-state index contributed by atoms with van der Waals surface area (Å²) in [4.78, 5) is 17.0. The fourth-order valence-electron chi connectivity index (χ4n) is 3.00. The number of rotatable bonds is 4. The van der Waals surface area contributed by atoms with Crippen LogP contribution < -0.4 is 5.56 Å². The molecular weight excluding hydrogens is 328 g/mol. The SMILES string of the molecule is O=c1c2cn(CC3CCCO3)nc2ncn1Cc1ccccc1Cl. The highest BCUT2D eigenvalue weighted by Crippen LogP contribution is 2.17. The molecule has 2 aromatic heterocycles. The van der Waals surface area contributed by atoms with Crippen molar-refractivity contribution in [3.05, 3.63) is 57.7 Å². The summed E-state index contributed by atoms with van der Waals surface area (Å²) in [5.74, 6) is 0. The zero-order valence-corrected chi connectivity index (χ0v) is 13.8. The van der Waals surface area contributed by atoms with Crippen molar-refractivity contribution in [3.8, 4) is 0 Å². The Kier molecular flexibility index (Phi) is 4.08. The maximum Gasteiger partial charge on any atom is 0.264 e. The van der Waals surface area contributed by atoms with Gasteiger partial charge in [-0.3, -0.25) is 14.0 Å². The van der Waals surface area contributed by atoms with Gasteiger partial charge in [0.15, 0.2) is 5.65 Å². The van der Waals surface area contributed by atoms with Crippen LogP contribution in [0.2, 0.25) is 5.02 Å². The van der Waals surface area contributed by atoms with Gasteiger partial charge in [0.2, 0.25) is 0 Å². The molecule has 0 radical (unpaired) electrons. The Morgan fingerprint density at radius 3 is 3.00 bits per heavy atom. The van der Waals surface area contributed by atoms with Crippen molar-refractivity contribution in [2.45, 2.75) is 32.0 Å². The molecular formula is C17H17ClN4O2. The smallest absolute Gasteiger partial charge is 0.264 e. The third-order valence-electron chi connectivity index (χ3n) is 4.27. The largest absolute Gasteiger partial charge is 0.376 e. The summed E-state index contributed by atoms with van der Waals surface area (Å²) in [6.45, 7) is 1.84. The van der Waals surface area contributed by atoms with Gasteiger partial charge in [0, 0.05) is 17.8 Å². The van der Waals surface area contributed by atoms with Crippen LogP contribution in [0.15, 0.2) is 41.6 Å². The monoisotopic (exact) mass is 344 g/mol. The highest BCUT2D eigenvalue weighted by atomic mass is 35.5. The summed E-state index contributed by atoms with van der Waals surface area (Å²) < 4.78 is 8.94. The quantitative estimate of drug-likeness (QED) is 0.729. The standard InChI is InChI=1S/C17H17ClN4O2/c18-15-6-2-1-4-12(15)8-21-11-19-16-14(17(21)23)10-22(20-16)9-13-5-3-7-24-13/h1-2,4,6,10-11,13H,3,5,7-9H2. The molecule has 4 rings (SSSR count). The number of halogens is 1. The van der Waals surface area contributed by atoms with Crippen molar-refractivity contribution in [1.29, 1.82) is 0 Å². The van der Waals surface area contributed by atoms with Crippen LogP contribution in [0.3, 0.4) is 0 Å². The first kappa shape index (κ1) is 15.4. The average Bonchev–Trinajstić information content (AvgIpc) is 3.22. The highest BCUT2D eigenvalue weighted by molar-refractivity contribution is 6.31. The van der Waals surface area contributed by atoms with Gasteiger partial charge in [0.25, 0.3) is 5.56 Å². The molecule has 0 bridgehead atoms.